The predicted molar refractivity (Wildman–Crippen MR) is 103 cm³/mol. The van der Waals surface area contributed by atoms with Gasteiger partial charge in [-0.25, -0.2) is 0 Å². The van der Waals surface area contributed by atoms with Crippen molar-refractivity contribution in [2.24, 2.45) is 0 Å². The molecule has 0 saturated carbocycles. The molecule has 2 unspecified atom stereocenters. The normalized spacial score (nSPS) is 20.5. The van der Waals surface area contributed by atoms with Crippen molar-refractivity contribution in [3.63, 3.8) is 0 Å². The van der Waals surface area contributed by atoms with Crippen molar-refractivity contribution in [1.82, 2.24) is 10.1 Å². The maximum Gasteiger partial charge on any atom is 0.471 e. The zero-order chi connectivity index (χ0) is 21.0. The lowest BCUT2D eigenvalue weighted by Gasteiger charge is -2.36. The molecule has 3 heterocycles. The predicted octanol–water partition coefficient (Wildman–Crippen LogP) is 4.22. The van der Waals surface area contributed by atoms with Gasteiger partial charge in [-0.2, -0.15) is 18.2 Å². The molecule has 1 aromatic heterocycles. The Labute approximate surface area is 169 Å². The number of carbonyl (C=O) groups is 1. The summed E-state index contributed by atoms with van der Waals surface area (Å²) >= 11 is 0. The van der Waals surface area contributed by atoms with Gasteiger partial charge in [-0.15, -0.1) is 0 Å². The van der Waals surface area contributed by atoms with Crippen molar-refractivity contribution in [3.8, 4) is 11.4 Å². The van der Waals surface area contributed by atoms with Gasteiger partial charge in [0.25, 0.3) is 5.91 Å². The lowest BCUT2D eigenvalue weighted by molar-refractivity contribution is -0.159. The Morgan fingerprint density at radius 1 is 1.07 bits per heavy atom. The first kappa shape index (κ1) is 18.4. The van der Waals surface area contributed by atoms with E-state index >= 15 is 0 Å². The van der Waals surface area contributed by atoms with E-state index in [1.165, 1.54) is 0 Å². The van der Waals surface area contributed by atoms with Crippen LogP contribution in [0, 0.1) is 0 Å². The first-order valence-corrected chi connectivity index (χ1v) is 9.19. The van der Waals surface area contributed by atoms with Crippen LogP contribution in [-0.4, -0.2) is 29.1 Å². The average molecular weight is 412 g/mol. The first-order chi connectivity index (χ1) is 14.3. The van der Waals surface area contributed by atoms with Crippen LogP contribution in [0.1, 0.15) is 17.5 Å². The van der Waals surface area contributed by atoms with E-state index in [-0.39, 0.29) is 23.8 Å². The van der Waals surface area contributed by atoms with Gasteiger partial charge in [0.2, 0.25) is 5.82 Å². The van der Waals surface area contributed by atoms with Crippen LogP contribution in [0.2, 0.25) is 0 Å². The van der Waals surface area contributed by atoms with Gasteiger partial charge in [-0.1, -0.05) is 29.4 Å². The monoisotopic (exact) mass is 412 g/mol. The number of hydrogen-bond donors (Lipinski definition) is 0. The molecule has 1 amide bonds. The highest BCUT2D eigenvalue weighted by molar-refractivity contribution is 6.04. The Morgan fingerprint density at radius 3 is 2.50 bits per heavy atom. The van der Waals surface area contributed by atoms with Crippen LogP contribution < -0.4 is 9.80 Å². The number of alkyl halides is 3. The molecular weight excluding hydrogens is 397 g/mol. The van der Waals surface area contributed by atoms with Crippen molar-refractivity contribution >= 4 is 17.3 Å². The zero-order valence-corrected chi connectivity index (χ0v) is 15.7. The van der Waals surface area contributed by atoms with Gasteiger partial charge < -0.3 is 9.42 Å². The maximum atomic E-state index is 12.8. The minimum absolute atomic E-state index is 0.00803. The fourth-order valence-electron chi connectivity index (χ4n) is 4.05. The molecule has 6 nitrogen and oxygen atoms in total. The minimum atomic E-state index is -4.70. The number of carbonyl (C=O) groups excluding carboxylic acids is 1. The van der Waals surface area contributed by atoms with Gasteiger partial charge in [0.05, 0.1) is 12.1 Å². The van der Waals surface area contributed by atoms with Crippen molar-refractivity contribution in [2.45, 2.75) is 18.3 Å². The molecule has 2 aromatic carbocycles. The minimum Gasteiger partial charge on any atom is -0.365 e. The van der Waals surface area contributed by atoms with Crippen molar-refractivity contribution in [1.29, 1.82) is 0 Å². The number of likely N-dealkylation sites (N-methyl/N-ethyl adjacent to an activating group) is 1. The van der Waals surface area contributed by atoms with E-state index in [1.807, 2.05) is 37.4 Å². The molecule has 3 aromatic rings. The topological polar surface area (TPSA) is 62.5 Å². The number of halogens is 3. The molecule has 9 heteroatoms. The third kappa shape index (κ3) is 2.77. The number of fused-ring (bicyclic) bond motifs is 3. The Morgan fingerprint density at radius 2 is 1.80 bits per heavy atom. The van der Waals surface area contributed by atoms with Gasteiger partial charge >= 0.3 is 12.1 Å². The van der Waals surface area contributed by atoms with Crippen LogP contribution in [0.3, 0.4) is 0 Å². The number of hydrogen-bond acceptors (Lipinski definition) is 5. The lowest BCUT2D eigenvalue weighted by atomic mass is 9.97. The van der Waals surface area contributed by atoms with Crippen LogP contribution >= 0.6 is 0 Å². The molecular formula is C21H15F3N4O2. The fourth-order valence-corrected chi connectivity index (χ4v) is 4.05. The number of anilines is 2. The molecule has 152 valence electrons. The van der Waals surface area contributed by atoms with E-state index in [0.717, 1.165) is 11.3 Å². The summed E-state index contributed by atoms with van der Waals surface area (Å²) in [5.41, 5.74) is 3.09. The summed E-state index contributed by atoms with van der Waals surface area (Å²) in [6.45, 7) is 0. The standard InChI is InChI=1S/C21H15F3N4O2/c1-27-15-5-3-2-4-14(15)18-16(27)10-11-17(29)28(18)13-8-6-12(7-9-13)19-25-20(30-26-19)21(22,23)24/h2-11,16,18H,1H3. The van der Waals surface area contributed by atoms with E-state index in [0.29, 0.717) is 11.3 Å². The molecule has 2 atom stereocenters. The van der Waals surface area contributed by atoms with Crippen molar-refractivity contribution < 1.29 is 22.5 Å². The first-order valence-electron chi connectivity index (χ1n) is 9.19. The molecule has 2 aliphatic rings. The largest absolute Gasteiger partial charge is 0.471 e. The maximum absolute atomic E-state index is 12.8. The summed E-state index contributed by atoms with van der Waals surface area (Å²) in [5, 5.41) is 3.40. The summed E-state index contributed by atoms with van der Waals surface area (Å²) in [5.74, 6) is -1.72. The van der Waals surface area contributed by atoms with Gasteiger partial charge in [-0.3, -0.25) is 9.69 Å². The zero-order valence-electron chi connectivity index (χ0n) is 15.7. The Bertz CT molecular complexity index is 1150. The SMILES string of the molecule is CN1c2ccccc2C2C1C=CC(=O)N2c1ccc(-c2noc(C(F)(F)F)n2)cc1. The highest BCUT2D eigenvalue weighted by Gasteiger charge is 2.43. The van der Waals surface area contributed by atoms with Gasteiger partial charge in [-0.05, 0) is 30.3 Å². The third-order valence-electron chi connectivity index (χ3n) is 5.43. The molecule has 0 radical (unpaired) electrons. The van der Waals surface area contributed by atoms with E-state index in [2.05, 4.69) is 19.6 Å². The van der Waals surface area contributed by atoms with Crippen LogP contribution in [0.4, 0.5) is 24.5 Å². The molecule has 0 aliphatic carbocycles. The van der Waals surface area contributed by atoms with Crippen LogP contribution in [0.25, 0.3) is 11.4 Å². The van der Waals surface area contributed by atoms with E-state index in [9.17, 15) is 18.0 Å². The lowest BCUT2D eigenvalue weighted by Crippen LogP contribution is -2.44. The smallest absolute Gasteiger partial charge is 0.365 e. The van der Waals surface area contributed by atoms with Crippen LogP contribution in [0.5, 0.6) is 0 Å². The second kappa shape index (κ2) is 6.45. The van der Waals surface area contributed by atoms with Crippen molar-refractivity contribution in [2.75, 3.05) is 16.8 Å². The highest BCUT2D eigenvalue weighted by atomic mass is 19.4. The molecule has 30 heavy (non-hydrogen) atoms. The fraction of sp³-hybridized carbons (Fsp3) is 0.190. The quantitative estimate of drug-likeness (QED) is 0.631. The molecule has 0 saturated heterocycles. The Balaban J connectivity index is 1.50. The van der Waals surface area contributed by atoms with Crippen molar-refractivity contribution in [3.05, 3.63) is 72.1 Å². The number of aromatic nitrogens is 2. The second-order valence-corrected chi connectivity index (χ2v) is 7.14. The number of benzene rings is 2. The summed E-state index contributed by atoms with van der Waals surface area (Å²) in [6.07, 6.45) is -1.25. The molecule has 0 fully saturated rings. The van der Waals surface area contributed by atoms with Gasteiger partial charge in [0.1, 0.15) is 0 Å². The number of amides is 1. The van der Waals surface area contributed by atoms with Gasteiger partial charge in [0.15, 0.2) is 0 Å². The van der Waals surface area contributed by atoms with Gasteiger partial charge in [0, 0.05) is 35.6 Å². The number of para-hydroxylation sites is 1. The summed E-state index contributed by atoms with van der Waals surface area (Å²) in [7, 11) is 1.99. The second-order valence-electron chi connectivity index (χ2n) is 7.14. The average Bonchev–Trinajstić information content (AvgIpc) is 3.33. The molecule has 2 aliphatic heterocycles. The van der Waals surface area contributed by atoms with E-state index < -0.39 is 12.1 Å². The summed E-state index contributed by atoms with van der Waals surface area (Å²) in [4.78, 5) is 20.0. The molecule has 0 bridgehead atoms. The Kier molecular flexibility index (Phi) is 3.96. The third-order valence-corrected chi connectivity index (χ3v) is 5.43. The summed E-state index contributed by atoms with van der Waals surface area (Å²) < 4.78 is 42.4. The summed E-state index contributed by atoms with van der Waals surface area (Å²) in [6, 6.07) is 14.2. The highest BCUT2D eigenvalue weighted by Crippen LogP contribution is 2.46. The molecule has 0 spiro atoms. The van der Waals surface area contributed by atoms with E-state index in [4.69, 9.17) is 0 Å². The van der Waals surface area contributed by atoms with Crippen LogP contribution in [-0.2, 0) is 11.0 Å². The molecule has 5 rings (SSSR count). The van der Waals surface area contributed by atoms with E-state index in [1.54, 1.807) is 35.2 Å². The van der Waals surface area contributed by atoms with Crippen LogP contribution in [0.15, 0.2) is 65.2 Å². The number of rotatable bonds is 2. The number of nitrogens with zero attached hydrogens (tertiary/aromatic N) is 4. The molecule has 0 N–H and O–H groups in total. The Hall–Kier alpha value is -3.62.